The van der Waals surface area contributed by atoms with Crippen molar-refractivity contribution in [1.29, 1.82) is 0 Å². The summed E-state index contributed by atoms with van der Waals surface area (Å²) in [5, 5.41) is 0.916. The third kappa shape index (κ3) is 3.90. The van der Waals surface area contributed by atoms with Gasteiger partial charge in [-0.3, -0.25) is 4.79 Å². The number of piperidine rings is 1. The molecule has 3 aromatic rings. The number of hydrogen-bond donors (Lipinski definition) is 1. The van der Waals surface area contributed by atoms with E-state index in [1.165, 1.54) is 12.1 Å². The van der Waals surface area contributed by atoms with Crippen molar-refractivity contribution < 1.29 is 17.6 Å². The Hall–Kier alpha value is -2.71. The number of rotatable bonds is 4. The summed E-state index contributed by atoms with van der Waals surface area (Å²) in [6, 6.07) is 12.2. The molecule has 4 rings (SSSR count). The van der Waals surface area contributed by atoms with Gasteiger partial charge in [-0.15, -0.1) is 0 Å². The van der Waals surface area contributed by atoms with Crippen LogP contribution in [0.3, 0.4) is 0 Å². The average Bonchev–Trinajstić information content (AvgIpc) is 3.05. The Morgan fingerprint density at radius 2 is 1.72 bits per heavy atom. The Labute approximate surface area is 169 Å². The second-order valence-electron chi connectivity index (χ2n) is 7.31. The van der Waals surface area contributed by atoms with E-state index in [1.54, 1.807) is 4.90 Å². The fraction of sp³-hybridized carbons (Fsp3) is 0.286. The highest BCUT2D eigenvalue weighted by Crippen LogP contribution is 2.24. The summed E-state index contributed by atoms with van der Waals surface area (Å²) in [5.74, 6) is -0.522. The normalized spacial score (nSPS) is 15.7. The molecule has 8 heteroatoms. The molecule has 152 valence electrons. The molecule has 1 N–H and O–H groups in total. The van der Waals surface area contributed by atoms with E-state index in [2.05, 4.69) is 4.72 Å². The molecular weight excluding hydrogens is 393 g/mol. The summed E-state index contributed by atoms with van der Waals surface area (Å²) >= 11 is 0. The summed E-state index contributed by atoms with van der Waals surface area (Å²) in [6.45, 7) is 0.942. The minimum Gasteiger partial charge on any atom is -0.350 e. The minimum atomic E-state index is -3.72. The van der Waals surface area contributed by atoms with Crippen LogP contribution in [0.1, 0.15) is 23.2 Å². The Bertz CT molecular complexity index is 1150. The van der Waals surface area contributed by atoms with Crippen molar-refractivity contribution in [1.82, 2.24) is 14.2 Å². The molecular formula is C21H22FN3O3S. The fourth-order valence-electron chi connectivity index (χ4n) is 3.78. The average molecular weight is 415 g/mol. The van der Waals surface area contributed by atoms with Crippen LogP contribution in [0.2, 0.25) is 0 Å². The molecule has 0 unspecified atom stereocenters. The van der Waals surface area contributed by atoms with Crippen molar-refractivity contribution in [2.45, 2.75) is 23.8 Å². The van der Waals surface area contributed by atoms with E-state index in [4.69, 9.17) is 0 Å². The van der Waals surface area contributed by atoms with Crippen LogP contribution in [0, 0.1) is 5.82 Å². The lowest BCUT2D eigenvalue weighted by Crippen LogP contribution is -2.46. The number of carbonyl (C=O) groups is 1. The van der Waals surface area contributed by atoms with Crippen molar-refractivity contribution in [2.75, 3.05) is 13.1 Å². The van der Waals surface area contributed by atoms with Crippen molar-refractivity contribution in [3.63, 3.8) is 0 Å². The number of nitrogens with one attached hydrogen (secondary N) is 1. The molecule has 0 bridgehead atoms. The van der Waals surface area contributed by atoms with E-state index in [9.17, 15) is 17.6 Å². The molecule has 2 heterocycles. The summed E-state index contributed by atoms with van der Waals surface area (Å²) in [7, 11) is -1.80. The van der Waals surface area contributed by atoms with Crippen LogP contribution in [0.25, 0.3) is 10.9 Å². The number of hydrogen-bond acceptors (Lipinski definition) is 3. The number of carbonyl (C=O) groups excluding carboxylic acids is 1. The molecule has 1 saturated heterocycles. The van der Waals surface area contributed by atoms with E-state index in [0.29, 0.717) is 31.5 Å². The van der Waals surface area contributed by atoms with Crippen LogP contribution in [-0.4, -0.2) is 42.9 Å². The van der Waals surface area contributed by atoms with Gasteiger partial charge in [0.2, 0.25) is 10.0 Å². The van der Waals surface area contributed by atoms with Crippen molar-refractivity contribution >= 4 is 26.8 Å². The quantitative estimate of drug-likeness (QED) is 0.712. The van der Waals surface area contributed by atoms with Crippen molar-refractivity contribution in [3.8, 4) is 0 Å². The van der Waals surface area contributed by atoms with Gasteiger partial charge in [0.15, 0.2) is 0 Å². The zero-order chi connectivity index (χ0) is 20.6. The van der Waals surface area contributed by atoms with Gasteiger partial charge in [-0.05, 0) is 43.2 Å². The summed E-state index contributed by atoms with van der Waals surface area (Å²) in [5.41, 5.74) is 1.66. The van der Waals surface area contributed by atoms with E-state index in [1.807, 2.05) is 42.1 Å². The van der Waals surface area contributed by atoms with Gasteiger partial charge in [0.1, 0.15) is 5.82 Å². The third-order valence-corrected chi connectivity index (χ3v) is 6.89. The highest BCUT2D eigenvalue weighted by Gasteiger charge is 2.28. The van der Waals surface area contributed by atoms with Gasteiger partial charge < -0.3 is 9.47 Å². The first-order valence-electron chi connectivity index (χ1n) is 9.46. The number of fused-ring (bicyclic) bond motifs is 1. The van der Waals surface area contributed by atoms with Gasteiger partial charge in [-0.25, -0.2) is 17.5 Å². The molecule has 1 aliphatic heterocycles. The van der Waals surface area contributed by atoms with Crippen LogP contribution in [0.15, 0.2) is 59.6 Å². The molecule has 0 radical (unpaired) electrons. The molecule has 0 saturated carbocycles. The number of aryl methyl sites for hydroxylation is 1. The number of nitrogens with zero attached hydrogens (tertiary/aromatic N) is 2. The standard InChI is InChI=1S/C21H22FN3O3S/c1-24-14-19(18-4-2-3-5-20(18)24)21(26)25-12-10-16(11-13-25)23-29(27,28)17-8-6-15(22)7-9-17/h2-9,14,16,23H,10-13H2,1H3. The lowest BCUT2D eigenvalue weighted by atomic mass is 10.0. The fourth-order valence-corrected chi connectivity index (χ4v) is 5.09. The highest BCUT2D eigenvalue weighted by molar-refractivity contribution is 7.89. The molecule has 1 amide bonds. The maximum absolute atomic E-state index is 13.0. The van der Waals surface area contributed by atoms with Crippen LogP contribution in [0.5, 0.6) is 0 Å². The SMILES string of the molecule is Cn1cc(C(=O)N2CCC(NS(=O)(=O)c3ccc(F)cc3)CC2)c2ccccc21. The Kier molecular flexibility index (Phi) is 5.14. The Morgan fingerprint density at radius 3 is 2.41 bits per heavy atom. The highest BCUT2D eigenvalue weighted by atomic mass is 32.2. The van der Waals surface area contributed by atoms with E-state index in [-0.39, 0.29) is 16.8 Å². The lowest BCUT2D eigenvalue weighted by molar-refractivity contribution is 0.0713. The molecule has 1 aliphatic rings. The first kappa shape index (κ1) is 19.6. The molecule has 0 aliphatic carbocycles. The van der Waals surface area contributed by atoms with Crippen LogP contribution in [0.4, 0.5) is 4.39 Å². The second kappa shape index (κ2) is 7.61. The second-order valence-corrected chi connectivity index (χ2v) is 9.03. The van der Waals surface area contributed by atoms with E-state index in [0.717, 1.165) is 23.0 Å². The van der Waals surface area contributed by atoms with Crippen molar-refractivity contribution in [2.24, 2.45) is 7.05 Å². The maximum Gasteiger partial charge on any atom is 0.256 e. The van der Waals surface area contributed by atoms with Crippen molar-refractivity contribution in [3.05, 3.63) is 66.1 Å². The zero-order valence-corrected chi connectivity index (χ0v) is 16.8. The number of sulfonamides is 1. The summed E-state index contributed by atoms with van der Waals surface area (Å²) in [4.78, 5) is 14.8. The van der Waals surface area contributed by atoms with E-state index >= 15 is 0 Å². The number of likely N-dealkylation sites (tertiary alicyclic amines) is 1. The molecule has 0 atom stereocenters. The van der Waals surface area contributed by atoms with Gasteiger partial charge in [0, 0.05) is 43.3 Å². The topological polar surface area (TPSA) is 71.4 Å². The van der Waals surface area contributed by atoms with Gasteiger partial charge in [0.25, 0.3) is 5.91 Å². The number of para-hydroxylation sites is 1. The van der Waals surface area contributed by atoms with Crippen LogP contribution >= 0.6 is 0 Å². The maximum atomic E-state index is 13.0. The van der Waals surface area contributed by atoms with Gasteiger partial charge in [-0.1, -0.05) is 18.2 Å². The zero-order valence-electron chi connectivity index (χ0n) is 16.0. The molecule has 0 spiro atoms. The van der Waals surface area contributed by atoms with Crippen LogP contribution < -0.4 is 4.72 Å². The predicted octanol–water partition coefficient (Wildman–Crippen LogP) is 2.90. The Balaban J connectivity index is 1.42. The third-order valence-electron chi connectivity index (χ3n) is 5.36. The van der Waals surface area contributed by atoms with Gasteiger partial charge in [-0.2, -0.15) is 0 Å². The molecule has 1 aromatic heterocycles. The van der Waals surface area contributed by atoms with Gasteiger partial charge >= 0.3 is 0 Å². The van der Waals surface area contributed by atoms with Gasteiger partial charge in [0.05, 0.1) is 10.5 Å². The number of amides is 1. The first-order chi connectivity index (χ1) is 13.8. The molecule has 6 nitrogen and oxygen atoms in total. The number of aromatic nitrogens is 1. The number of halogens is 1. The minimum absolute atomic E-state index is 0.0353. The lowest BCUT2D eigenvalue weighted by Gasteiger charge is -2.32. The molecule has 2 aromatic carbocycles. The smallest absolute Gasteiger partial charge is 0.256 e. The molecule has 29 heavy (non-hydrogen) atoms. The first-order valence-corrected chi connectivity index (χ1v) is 10.9. The summed E-state index contributed by atoms with van der Waals surface area (Å²) < 4.78 is 42.6. The van der Waals surface area contributed by atoms with Crippen LogP contribution in [-0.2, 0) is 17.1 Å². The number of benzene rings is 2. The van der Waals surface area contributed by atoms with E-state index < -0.39 is 15.8 Å². The Morgan fingerprint density at radius 1 is 1.07 bits per heavy atom. The summed E-state index contributed by atoms with van der Waals surface area (Å²) in [6.07, 6.45) is 2.89. The molecule has 1 fully saturated rings. The monoisotopic (exact) mass is 415 g/mol. The largest absolute Gasteiger partial charge is 0.350 e. The predicted molar refractivity (Wildman–Crippen MR) is 109 cm³/mol.